The maximum absolute atomic E-state index is 10.2. The van der Waals surface area contributed by atoms with Gasteiger partial charge in [0.25, 0.3) is 0 Å². The van der Waals surface area contributed by atoms with Crippen molar-refractivity contribution >= 4 is 49.3 Å². The Hall–Kier alpha value is -9.43. The van der Waals surface area contributed by atoms with Crippen molar-refractivity contribution in [1.82, 2.24) is 24.1 Å². The van der Waals surface area contributed by atoms with Gasteiger partial charge in [0.1, 0.15) is 0 Å². The van der Waals surface area contributed by atoms with Gasteiger partial charge in [-0.3, -0.25) is 0 Å². The van der Waals surface area contributed by atoms with E-state index in [4.69, 9.17) is 21.5 Å². The quantitative estimate of drug-likeness (QED) is 0.150. The third-order valence-electron chi connectivity index (χ3n) is 12.4. The summed E-state index contributed by atoms with van der Waals surface area (Å²) in [7, 11) is 0. The smallest absolute Gasteiger partial charge is 0.188 e. The Bertz CT molecular complexity index is 3890. The molecule has 0 bridgehead atoms. The van der Waals surface area contributed by atoms with E-state index in [2.05, 4.69) is 147 Å². The standard InChI is InChI=1S/C59H35N7/c1-61-44-28-30-46(43(33-44)37-60)42-25-29-49-47-21-11-14-24-53(47)66(56(49)36-42)55-32-27-41(40-26-31-54-50(34-40)48-22-12-13-23-52(48)65(54)45-19-9-4-10-20-45)35-51(55)59-63-57(38-15-5-2-6-16-38)62-58(64-59)39-17-7-3-8-18-39/h2-36H. The van der Waals surface area contributed by atoms with Crippen molar-refractivity contribution in [2.75, 3.05) is 0 Å². The monoisotopic (exact) mass is 841 g/mol. The van der Waals surface area contributed by atoms with Gasteiger partial charge >= 0.3 is 0 Å². The van der Waals surface area contributed by atoms with Crippen molar-refractivity contribution in [2.24, 2.45) is 0 Å². The fraction of sp³-hybridized carbons (Fsp3) is 0. The predicted molar refractivity (Wildman–Crippen MR) is 267 cm³/mol. The SMILES string of the molecule is [C-]#[N+]c1ccc(-c2ccc3c4ccccc4n(-c4ccc(-c5ccc6c(c5)c5ccccc5n6-c5ccccc5)cc4-c4nc(-c5ccccc5)nc(-c5ccccc5)n4)c3c2)c(C#N)c1. The molecule has 0 aliphatic carbocycles. The number of rotatable bonds is 7. The second kappa shape index (κ2) is 15.7. The lowest BCUT2D eigenvalue weighted by molar-refractivity contribution is 1.06. The number of benzene rings is 9. The minimum absolute atomic E-state index is 0.429. The summed E-state index contributed by atoms with van der Waals surface area (Å²) in [5, 5.41) is 14.7. The van der Waals surface area contributed by atoms with Crippen LogP contribution in [0.1, 0.15) is 5.56 Å². The van der Waals surface area contributed by atoms with Crippen LogP contribution in [0.15, 0.2) is 212 Å². The van der Waals surface area contributed by atoms with E-state index >= 15 is 0 Å². The molecule has 7 nitrogen and oxygen atoms in total. The molecule has 306 valence electrons. The van der Waals surface area contributed by atoms with Crippen LogP contribution in [0.3, 0.4) is 0 Å². The Labute approximate surface area is 380 Å². The van der Waals surface area contributed by atoms with Crippen LogP contribution in [0.5, 0.6) is 0 Å². The minimum atomic E-state index is 0.429. The zero-order chi connectivity index (χ0) is 44.1. The number of nitriles is 1. The second-order valence-corrected chi connectivity index (χ2v) is 16.2. The summed E-state index contributed by atoms with van der Waals surface area (Å²) in [6.45, 7) is 7.57. The number of hydrogen-bond acceptors (Lipinski definition) is 4. The van der Waals surface area contributed by atoms with E-state index in [1.54, 1.807) is 12.1 Å². The molecule has 0 radical (unpaired) electrons. The molecule has 0 spiro atoms. The lowest BCUT2D eigenvalue weighted by Gasteiger charge is -2.17. The highest BCUT2D eigenvalue weighted by Gasteiger charge is 2.22. The molecule has 0 atom stereocenters. The summed E-state index contributed by atoms with van der Waals surface area (Å²) in [5.74, 6) is 1.68. The highest BCUT2D eigenvalue weighted by molar-refractivity contribution is 6.12. The van der Waals surface area contributed by atoms with E-state index in [0.717, 1.165) is 88.5 Å². The van der Waals surface area contributed by atoms with Crippen LogP contribution < -0.4 is 0 Å². The zero-order valence-corrected chi connectivity index (χ0v) is 35.3. The van der Waals surface area contributed by atoms with Gasteiger partial charge in [-0.05, 0) is 82.9 Å². The summed E-state index contributed by atoms with van der Waals surface area (Å²) in [4.78, 5) is 19.2. The van der Waals surface area contributed by atoms with Crippen LogP contribution in [0.4, 0.5) is 5.69 Å². The first-order valence-electron chi connectivity index (χ1n) is 21.7. The largest absolute Gasteiger partial charge is 0.309 e. The Morgan fingerprint density at radius 3 is 1.62 bits per heavy atom. The van der Waals surface area contributed by atoms with Crippen LogP contribution >= 0.6 is 0 Å². The fourth-order valence-electron chi connectivity index (χ4n) is 9.37. The molecule has 9 aromatic carbocycles. The molecule has 7 heteroatoms. The van der Waals surface area contributed by atoms with Gasteiger partial charge < -0.3 is 9.13 Å². The minimum Gasteiger partial charge on any atom is -0.309 e. The molecule has 66 heavy (non-hydrogen) atoms. The number of aromatic nitrogens is 5. The highest BCUT2D eigenvalue weighted by atomic mass is 15.1. The third kappa shape index (κ3) is 6.39. The molecule has 0 N–H and O–H groups in total. The average molecular weight is 842 g/mol. The summed E-state index contributed by atoms with van der Waals surface area (Å²) >= 11 is 0. The molecule has 3 heterocycles. The third-order valence-corrected chi connectivity index (χ3v) is 12.4. The first-order valence-corrected chi connectivity index (χ1v) is 21.7. The highest BCUT2D eigenvalue weighted by Crippen LogP contribution is 2.41. The maximum atomic E-state index is 10.2. The molecule has 12 aromatic rings. The lowest BCUT2D eigenvalue weighted by Crippen LogP contribution is -2.04. The topological polar surface area (TPSA) is 76.7 Å². The zero-order valence-electron chi connectivity index (χ0n) is 35.3. The average Bonchev–Trinajstić information content (AvgIpc) is 3.91. The van der Waals surface area contributed by atoms with Gasteiger partial charge in [0.05, 0.1) is 40.4 Å². The van der Waals surface area contributed by atoms with Gasteiger partial charge in [0.15, 0.2) is 23.2 Å². The predicted octanol–water partition coefficient (Wildman–Crippen LogP) is 14.8. The summed E-state index contributed by atoms with van der Waals surface area (Å²) < 4.78 is 4.62. The lowest BCUT2D eigenvalue weighted by atomic mass is 9.98. The molecule has 3 aromatic heterocycles. The van der Waals surface area contributed by atoms with E-state index in [9.17, 15) is 5.26 Å². The van der Waals surface area contributed by atoms with Gasteiger partial charge in [-0.15, -0.1) is 0 Å². The molecule has 12 rings (SSSR count). The van der Waals surface area contributed by atoms with Gasteiger partial charge in [0, 0.05) is 49.5 Å². The molecule has 0 unspecified atom stereocenters. The van der Waals surface area contributed by atoms with Crippen molar-refractivity contribution in [3.8, 4) is 73.9 Å². The van der Waals surface area contributed by atoms with E-state index in [-0.39, 0.29) is 0 Å². The van der Waals surface area contributed by atoms with Crippen LogP contribution in [-0.4, -0.2) is 24.1 Å². The van der Waals surface area contributed by atoms with Crippen molar-refractivity contribution in [2.45, 2.75) is 0 Å². The normalized spacial score (nSPS) is 11.3. The molecule has 0 saturated carbocycles. The van der Waals surface area contributed by atoms with E-state index in [1.807, 2.05) is 72.8 Å². The van der Waals surface area contributed by atoms with Crippen LogP contribution in [-0.2, 0) is 0 Å². The molecular weight excluding hydrogens is 807 g/mol. The van der Waals surface area contributed by atoms with Crippen molar-refractivity contribution in [1.29, 1.82) is 5.26 Å². The summed E-state index contributed by atoms with van der Waals surface area (Å²) in [5.41, 5.74) is 13.4. The van der Waals surface area contributed by atoms with E-state index in [0.29, 0.717) is 28.7 Å². The van der Waals surface area contributed by atoms with Crippen molar-refractivity contribution in [3.63, 3.8) is 0 Å². The van der Waals surface area contributed by atoms with Gasteiger partial charge in [-0.2, -0.15) is 5.26 Å². The van der Waals surface area contributed by atoms with Crippen LogP contribution in [0.25, 0.3) is 116 Å². The molecular formula is C59H35N7. The number of para-hydroxylation sites is 3. The Balaban J connectivity index is 1.14. The van der Waals surface area contributed by atoms with Gasteiger partial charge in [-0.1, -0.05) is 152 Å². The van der Waals surface area contributed by atoms with Crippen molar-refractivity contribution < 1.29 is 0 Å². The Kier molecular flexibility index (Phi) is 9.12. The van der Waals surface area contributed by atoms with Crippen molar-refractivity contribution in [3.05, 3.63) is 229 Å². The molecule has 0 aliphatic rings. The first kappa shape index (κ1) is 38.3. The maximum Gasteiger partial charge on any atom is 0.188 e. The van der Waals surface area contributed by atoms with E-state index in [1.165, 1.54) is 5.39 Å². The molecule has 0 fully saturated rings. The van der Waals surface area contributed by atoms with Gasteiger partial charge in [0.2, 0.25) is 0 Å². The summed E-state index contributed by atoms with van der Waals surface area (Å²) in [6.07, 6.45) is 0. The van der Waals surface area contributed by atoms with E-state index < -0.39 is 0 Å². The number of fused-ring (bicyclic) bond motifs is 6. The van der Waals surface area contributed by atoms with Gasteiger partial charge in [-0.25, -0.2) is 19.8 Å². The molecule has 0 aliphatic heterocycles. The number of nitrogens with zero attached hydrogens (tertiary/aromatic N) is 7. The molecule has 0 amide bonds. The second-order valence-electron chi connectivity index (χ2n) is 16.2. The first-order chi connectivity index (χ1) is 32.6. The Morgan fingerprint density at radius 1 is 0.394 bits per heavy atom. The fourth-order valence-corrected chi connectivity index (χ4v) is 9.37. The Morgan fingerprint density at radius 2 is 0.939 bits per heavy atom. The molecule has 0 saturated heterocycles. The van der Waals surface area contributed by atoms with Crippen LogP contribution in [0.2, 0.25) is 0 Å². The van der Waals surface area contributed by atoms with Crippen LogP contribution in [0, 0.1) is 17.9 Å². The summed E-state index contributed by atoms with van der Waals surface area (Å²) in [6, 6.07) is 74.9. The number of hydrogen-bond donors (Lipinski definition) is 0.